The Morgan fingerprint density at radius 1 is 1.38 bits per heavy atom. The van der Waals surface area contributed by atoms with E-state index in [9.17, 15) is 9.59 Å². The van der Waals surface area contributed by atoms with Gasteiger partial charge in [0.2, 0.25) is 11.8 Å². The van der Waals surface area contributed by atoms with Crippen molar-refractivity contribution in [3.63, 3.8) is 0 Å². The molecule has 7 heteroatoms. The molecule has 7 nitrogen and oxygen atoms in total. The van der Waals surface area contributed by atoms with Gasteiger partial charge in [0, 0.05) is 12.1 Å². The van der Waals surface area contributed by atoms with Crippen LogP contribution in [0.1, 0.15) is 5.56 Å². The molecule has 2 rings (SSSR count). The van der Waals surface area contributed by atoms with E-state index in [1.165, 1.54) is 6.20 Å². The maximum atomic E-state index is 11.2. The van der Waals surface area contributed by atoms with Gasteiger partial charge >= 0.3 is 0 Å². The lowest BCUT2D eigenvalue weighted by Crippen LogP contribution is -2.52. The van der Waals surface area contributed by atoms with E-state index in [0.717, 1.165) is 5.56 Å². The molecular weight excluding hydrogens is 210 g/mol. The van der Waals surface area contributed by atoms with Crippen molar-refractivity contribution in [3.05, 3.63) is 17.8 Å². The average Bonchev–Trinajstić information content (AvgIpc) is 2.27. The molecule has 3 N–H and O–H groups in total. The lowest BCUT2D eigenvalue weighted by molar-refractivity contribution is -0.130. The summed E-state index contributed by atoms with van der Waals surface area (Å²) in [6, 6.07) is 1.72. The third-order valence-electron chi connectivity index (χ3n) is 2.25. The molecule has 0 aromatic carbocycles. The Hall–Kier alpha value is -2.02. The summed E-state index contributed by atoms with van der Waals surface area (Å²) in [6.45, 7) is 0.478. The van der Waals surface area contributed by atoms with Gasteiger partial charge in [0.15, 0.2) is 5.82 Å². The van der Waals surface area contributed by atoms with Crippen molar-refractivity contribution in [1.82, 2.24) is 15.5 Å². The van der Waals surface area contributed by atoms with Crippen molar-refractivity contribution in [1.29, 1.82) is 0 Å². The number of carbonyl (C=O) groups is 2. The zero-order chi connectivity index (χ0) is 11.5. The van der Waals surface area contributed by atoms with E-state index >= 15 is 0 Å². The Labute approximate surface area is 91.6 Å². The molecule has 0 spiro atoms. The van der Waals surface area contributed by atoms with Gasteiger partial charge in [-0.05, 0) is 6.07 Å². The SMILES string of the molecule is NCc1ccnnc1N1CC(=O)NC(=O)C1. The highest BCUT2D eigenvalue weighted by atomic mass is 16.2. The fraction of sp³-hybridized carbons (Fsp3) is 0.333. The van der Waals surface area contributed by atoms with Crippen LogP contribution >= 0.6 is 0 Å². The van der Waals surface area contributed by atoms with Crippen LogP contribution in [0.25, 0.3) is 0 Å². The Bertz CT molecular complexity index is 418. The molecule has 16 heavy (non-hydrogen) atoms. The molecule has 1 aliphatic rings. The number of carbonyl (C=O) groups excluding carboxylic acids is 2. The van der Waals surface area contributed by atoms with E-state index in [0.29, 0.717) is 5.82 Å². The standard InChI is InChI=1S/C9H11N5O2/c10-3-6-1-2-11-13-9(6)14-4-7(15)12-8(16)5-14/h1-2H,3-5,10H2,(H,12,15,16). The van der Waals surface area contributed by atoms with Crippen LogP contribution in [-0.2, 0) is 16.1 Å². The maximum absolute atomic E-state index is 11.2. The largest absolute Gasteiger partial charge is 0.336 e. The number of imide groups is 1. The average molecular weight is 221 g/mol. The minimum absolute atomic E-state index is 0.0947. The number of hydrogen-bond donors (Lipinski definition) is 2. The van der Waals surface area contributed by atoms with Crippen LogP contribution in [-0.4, -0.2) is 35.1 Å². The third-order valence-corrected chi connectivity index (χ3v) is 2.25. The molecule has 0 radical (unpaired) electrons. The van der Waals surface area contributed by atoms with Crippen molar-refractivity contribution < 1.29 is 9.59 Å². The maximum Gasteiger partial charge on any atom is 0.246 e. The van der Waals surface area contributed by atoms with Crippen molar-refractivity contribution in [2.24, 2.45) is 5.73 Å². The van der Waals surface area contributed by atoms with E-state index in [2.05, 4.69) is 15.5 Å². The second-order valence-electron chi connectivity index (χ2n) is 3.41. The minimum atomic E-state index is -0.343. The molecule has 1 saturated heterocycles. The highest BCUT2D eigenvalue weighted by Gasteiger charge is 2.24. The van der Waals surface area contributed by atoms with Gasteiger partial charge in [-0.3, -0.25) is 14.9 Å². The second-order valence-corrected chi connectivity index (χ2v) is 3.41. The lowest BCUT2D eigenvalue weighted by atomic mass is 10.2. The van der Waals surface area contributed by atoms with Gasteiger partial charge in [0.1, 0.15) is 0 Å². The van der Waals surface area contributed by atoms with Crippen LogP contribution in [0.15, 0.2) is 12.3 Å². The zero-order valence-corrected chi connectivity index (χ0v) is 8.51. The van der Waals surface area contributed by atoms with Gasteiger partial charge in [-0.25, -0.2) is 0 Å². The first-order chi connectivity index (χ1) is 7.70. The molecule has 2 heterocycles. The predicted octanol–water partition coefficient (Wildman–Crippen LogP) is -1.60. The Morgan fingerprint density at radius 2 is 2.06 bits per heavy atom. The van der Waals surface area contributed by atoms with Gasteiger partial charge < -0.3 is 10.6 Å². The Balaban J connectivity index is 2.29. The second kappa shape index (κ2) is 4.23. The number of nitrogens with two attached hydrogens (primary N) is 1. The summed E-state index contributed by atoms with van der Waals surface area (Å²) in [7, 11) is 0. The van der Waals surface area contributed by atoms with Crippen molar-refractivity contribution >= 4 is 17.6 Å². The highest BCUT2D eigenvalue weighted by molar-refractivity contribution is 6.02. The molecule has 0 atom stereocenters. The van der Waals surface area contributed by atoms with Crippen LogP contribution in [0.4, 0.5) is 5.82 Å². The van der Waals surface area contributed by atoms with E-state index in [-0.39, 0.29) is 31.4 Å². The number of amides is 2. The number of hydrogen-bond acceptors (Lipinski definition) is 6. The summed E-state index contributed by atoms with van der Waals surface area (Å²) in [5, 5.41) is 9.85. The molecule has 2 amide bonds. The topological polar surface area (TPSA) is 101 Å². The van der Waals surface area contributed by atoms with Gasteiger partial charge in [-0.15, -0.1) is 5.10 Å². The number of piperazine rings is 1. The molecular formula is C9H11N5O2. The summed E-state index contributed by atoms with van der Waals surface area (Å²) in [5.41, 5.74) is 6.31. The van der Waals surface area contributed by atoms with Crippen LogP contribution in [0, 0.1) is 0 Å². The number of nitrogens with zero attached hydrogens (tertiary/aromatic N) is 3. The smallest absolute Gasteiger partial charge is 0.246 e. The van der Waals surface area contributed by atoms with Crippen LogP contribution in [0.5, 0.6) is 0 Å². The molecule has 0 aliphatic carbocycles. The number of anilines is 1. The quantitative estimate of drug-likeness (QED) is 0.583. The minimum Gasteiger partial charge on any atom is -0.336 e. The Kier molecular flexibility index (Phi) is 2.78. The van der Waals surface area contributed by atoms with Gasteiger partial charge in [0.25, 0.3) is 0 Å². The normalized spacial score (nSPS) is 16.2. The molecule has 0 bridgehead atoms. The van der Waals surface area contributed by atoms with Gasteiger partial charge in [-0.1, -0.05) is 0 Å². The van der Waals surface area contributed by atoms with Crippen LogP contribution < -0.4 is 16.0 Å². The first-order valence-electron chi connectivity index (χ1n) is 4.79. The van der Waals surface area contributed by atoms with E-state index in [4.69, 9.17) is 5.73 Å². The summed E-state index contributed by atoms with van der Waals surface area (Å²) in [6.07, 6.45) is 1.53. The molecule has 1 aliphatic heterocycles. The third kappa shape index (κ3) is 1.98. The summed E-state index contributed by atoms with van der Waals surface area (Å²) >= 11 is 0. The molecule has 0 unspecified atom stereocenters. The fourth-order valence-corrected chi connectivity index (χ4v) is 1.56. The Morgan fingerprint density at radius 3 is 2.69 bits per heavy atom. The van der Waals surface area contributed by atoms with Gasteiger partial charge in [0.05, 0.1) is 19.3 Å². The molecule has 1 aromatic rings. The molecule has 1 aromatic heterocycles. The molecule has 0 saturated carbocycles. The van der Waals surface area contributed by atoms with Gasteiger partial charge in [-0.2, -0.15) is 5.10 Å². The number of rotatable bonds is 2. The zero-order valence-electron chi connectivity index (χ0n) is 8.51. The van der Waals surface area contributed by atoms with Crippen molar-refractivity contribution in [2.45, 2.75) is 6.54 Å². The van der Waals surface area contributed by atoms with E-state index in [1.807, 2.05) is 0 Å². The fourth-order valence-electron chi connectivity index (χ4n) is 1.56. The predicted molar refractivity (Wildman–Crippen MR) is 55.3 cm³/mol. The number of nitrogens with one attached hydrogen (secondary N) is 1. The van der Waals surface area contributed by atoms with Crippen LogP contribution in [0.2, 0.25) is 0 Å². The summed E-state index contributed by atoms with van der Waals surface area (Å²) in [5.74, 6) is -0.192. The highest BCUT2D eigenvalue weighted by Crippen LogP contribution is 2.16. The summed E-state index contributed by atoms with van der Waals surface area (Å²) < 4.78 is 0. The van der Waals surface area contributed by atoms with Crippen molar-refractivity contribution in [3.8, 4) is 0 Å². The summed E-state index contributed by atoms with van der Waals surface area (Å²) in [4.78, 5) is 24.0. The lowest BCUT2D eigenvalue weighted by Gasteiger charge is -2.27. The first kappa shape index (κ1) is 10.5. The first-order valence-corrected chi connectivity index (χ1v) is 4.79. The van der Waals surface area contributed by atoms with Crippen molar-refractivity contribution in [2.75, 3.05) is 18.0 Å². The van der Waals surface area contributed by atoms with E-state index < -0.39 is 0 Å². The molecule has 84 valence electrons. The number of aromatic nitrogens is 2. The molecule has 1 fully saturated rings. The monoisotopic (exact) mass is 221 g/mol. The van der Waals surface area contributed by atoms with E-state index in [1.54, 1.807) is 11.0 Å². The van der Waals surface area contributed by atoms with Crippen LogP contribution in [0.3, 0.4) is 0 Å².